The third kappa shape index (κ3) is 4.62. The normalized spacial score (nSPS) is 12.8. The van der Waals surface area contributed by atoms with Gasteiger partial charge in [0.15, 0.2) is 23.1 Å². The fourth-order valence-corrected chi connectivity index (χ4v) is 3.13. The number of hydrogen-bond donors (Lipinski definition) is 2. The van der Waals surface area contributed by atoms with E-state index in [1.165, 1.54) is 35.2 Å². The Hall–Kier alpha value is -3.95. The van der Waals surface area contributed by atoms with Crippen molar-refractivity contribution in [2.45, 2.75) is 24.4 Å². The zero-order valence-corrected chi connectivity index (χ0v) is 17.6. The fourth-order valence-electron chi connectivity index (χ4n) is 3.13. The highest BCUT2D eigenvalue weighted by atomic mass is 19.4. The summed E-state index contributed by atoms with van der Waals surface area (Å²) in [7, 11) is 0. The van der Waals surface area contributed by atoms with Crippen LogP contribution in [0.15, 0.2) is 43.0 Å². The van der Waals surface area contributed by atoms with Gasteiger partial charge in [0.05, 0.1) is 24.6 Å². The van der Waals surface area contributed by atoms with Crippen LogP contribution in [-0.4, -0.2) is 59.2 Å². The number of halogens is 8. The number of alkyl halides is 6. The van der Waals surface area contributed by atoms with Crippen LogP contribution in [0.2, 0.25) is 0 Å². The van der Waals surface area contributed by atoms with Gasteiger partial charge >= 0.3 is 12.4 Å². The molecule has 0 aliphatic heterocycles. The molecule has 0 amide bonds. The van der Waals surface area contributed by atoms with E-state index in [4.69, 9.17) is 0 Å². The van der Waals surface area contributed by atoms with Crippen molar-refractivity contribution in [2.24, 2.45) is 0 Å². The molecule has 0 aliphatic carbocycles. The lowest BCUT2D eigenvalue weighted by Gasteiger charge is -2.32. The second-order valence-corrected chi connectivity index (χ2v) is 7.47. The van der Waals surface area contributed by atoms with Gasteiger partial charge in [0.2, 0.25) is 0 Å². The average molecular weight is 519 g/mol. The first-order chi connectivity index (χ1) is 16.8. The highest BCUT2D eigenvalue weighted by Gasteiger charge is 2.70. The van der Waals surface area contributed by atoms with Crippen LogP contribution >= 0.6 is 0 Å². The van der Waals surface area contributed by atoms with Gasteiger partial charge in [-0.1, -0.05) is 18.2 Å². The molecule has 2 N–H and O–H groups in total. The number of nitrogens with one attached hydrogen (secondary N) is 1. The molecule has 0 atom stereocenters. The van der Waals surface area contributed by atoms with Crippen LogP contribution in [0.5, 0.6) is 0 Å². The molecule has 0 saturated heterocycles. The van der Waals surface area contributed by atoms with Gasteiger partial charge in [-0.3, -0.25) is 0 Å². The summed E-state index contributed by atoms with van der Waals surface area (Å²) in [5.41, 5.74) is -4.65. The van der Waals surface area contributed by atoms with E-state index in [2.05, 4.69) is 25.0 Å². The summed E-state index contributed by atoms with van der Waals surface area (Å²) in [4.78, 5) is 15.6. The number of nitrogens with zero attached hydrogens (tertiary/aromatic N) is 6. The first kappa shape index (κ1) is 25.2. The molecule has 36 heavy (non-hydrogen) atoms. The first-order valence-electron chi connectivity index (χ1n) is 9.85. The quantitative estimate of drug-likeness (QED) is 0.375. The molecule has 0 bridgehead atoms. The van der Waals surface area contributed by atoms with Crippen LogP contribution in [-0.2, 0) is 6.42 Å². The topological polar surface area (TPSA) is 101 Å². The van der Waals surface area contributed by atoms with Crippen LogP contribution in [0.4, 0.5) is 40.9 Å². The van der Waals surface area contributed by atoms with E-state index in [1.54, 1.807) is 11.4 Å². The Bertz CT molecular complexity index is 1390. The molecule has 3 heterocycles. The SMILES string of the molecule is OC(CNc1nc(-c2cn3ncnc3c(Cc3ccccc3F)n2)ncc1F)(C(F)(F)F)C(F)(F)F. The highest BCUT2D eigenvalue weighted by molar-refractivity contribution is 5.56. The van der Waals surface area contributed by atoms with Crippen LogP contribution < -0.4 is 5.32 Å². The summed E-state index contributed by atoms with van der Waals surface area (Å²) in [6, 6.07) is 5.79. The number of aliphatic hydroxyl groups is 1. The molecule has 3 aromatic heterocycles. The van der Waals surface area contributed by atoms with Gasteiger partial charge < -0.3 is 10.4 Å². The molecule has 0 unspecified atom stereocenters. The smallest absolute Gasteiger partial charge is 0.372 e. The Kier molecular flexibility index (Phi) is 6.24. The first-order valence-corrected chi connectivity index (χ1v) is 9.85. The summed E-state index contributed by atoms with van der Waals surface area (Å²) >= 11 is 0. The molecule has 0 spiro atoms. The van der Waals surface area contributed by atoms with Gasteiger partial charge in [-0.05, 0) is 11.6 Å². The van der Waals surface area contributed by atoms with Crippen molar-refractivity contribution in [2.75, 3.05) is 11.9 Å². The van der Waals surface area contributed by atoms with Gasteiger partial charge in [0.25, 0.3) is 5.60 Å². The Morgan fingerprint density at radius 2 is 1.61 bits per heavy atom. The number of rotatable bonds is 6. The van der Waals surface area contributed by atoms with Crippen molar-refractivity contribution in [3.8, 4) is 11.5 Å². The van der Waals surface area contributed by atoms with E-state index in [9.17, 15) is 40.2 Å². The Balaban J connectivity index is 1.70. The molecule has 0 fully saturated rings. The highest BCUT2D eigenvalue weighted by Crippen LogP contribution is 2.43. The Morgan fingerprint density at radius 3 is 2.28 bits per heavy atom. The minimum absolute atomic E-state index is 0.0702. The van der Waals surface area contributed by atoms with Gasteiger partial charge in [0, 0.05) is 6.42 Å². The predicted molar refractivity (Wildman–Crippen MR) is 107 cm³/mol. The third-order valence-electron chi connectivity index (χ3n) is 5.07. The van der Waals surface area contributed by atoms with Crippen molar-refractivity contribution in [1.82, 2.24) is 29.5 Å². The summed E-state index contributed by atoms with van der Waals surface area (Å²) in [5.74, 6) is -3.38. The van der Waals surface area contributed by atoms with E-state index in [0.717, 1.165) is 0 Å². The molecule has 4 rings (SSSR count). The van der Waals surface area contributed by atoms with Crippen molar-refractivity contribution in [3.63, 3.8) is 0 Å². The molecular formula is C20H13F8N7O. The second-order valence-electron chi connectivity index (χ2n) is 7.47. The van der Waals surface area contributed by atoms with Gasteiger partial charge in [0.1, 0.15) is 17.8 Å². The van der Waals surface area contributed by atoms with Crippen LogP contribution in [0, 0.1) is 11.6 Å². The predicted octanol–water partition coefficient (Wildman–Crippen LogP) is 3.72. The summed E-state index contributed by atoms with van der Waals surface area (Å²) < 4.78 is 107. The molecule has 0 aliphatic rings. The number of fused-ring (bicyclic) bond motifs is 1. The monoisotopic (exact) mass is 519 g/mol. The standard InChI is InChI=1S/C20H13F8N7O/c21-11-4-2-1-3-10(11)5-13-17-31-9-32-35(17)7-14(33-13)16-29-6-12(22)15(34-16)30-8-18(36,19(23,24)25)20(26,27)28/h1-4,6-7,9,36H,5,8H2,(H,29,30,34). The van der Waals surface area contributed by atoms with E-state index >= 15 is 0 Å². The molecule has 190 valence electrons. The lowest BCUT2D eigenvalue weighted by atomic mass is 10.0. The molecular weight excluding hydrogens is 506 g/mol. The third-order valence-corrected chi connectivity index (χ3v) is 5.07. The lowest BCUT2D eigenvalue weighted by molar-refractivity contribution is -0.362. The molecule has 16 heteroatoms. The molecule has 0 radical (unpaired) electrons. The maximum absolute atomic E-state index is 14.1. The van der Waals surface area contributed by atoms with Gasteiger partial charge in [-0.25, -0.2) is 33.2 Å². The largest absolute Gasteiger partial charge is 0.428 e. The number of anilines is 1. The van der Waals surface area contributed by atoms with Crippen molar-refractivity contribution in [3.05, 3.63) is 65.9 Å². The van der Waals surface area contributed by atoms with Gasteiger partial charge in [-0.15, -0.1) is 0 Å². The summed E-state index contributed by atoms with van der Waals surface area (Å²) in [6.07, 6.45) is -9.42. The number of hydrogen-bond acceptors (Lipinski definition) is 7. The van der Waals surface area contributed by atoms with Crippen molar-refractivity contribution >= 4 is 11.5 Å². The van der Waals surface area contributed by atoms with Gasteiger partial charge in [-0.2, -0.15) is 31.4 Å². The summed E-state index contributed by atoms with van der Waals surface area (Å²) in [5, 5.41) is 14.8. The Morgan fingerprint density at radius 1 is 0.917 bits per heavy atom. The second kappa shape index (κ2) is 8.92. The molecule has 1 aromatic carbocycles. The van der Waals surface area contributed by atoms with Crippen LogP contribution in [0.3, 0.4) is 0 Å². The molecule has 4 aromatic rings. The summed E-state index contributed by atoms with van der Waals surface area (Å²) in [6.45, 7) is -2.18. The van der Waals surface area contributed by atoms with E-state index < -0.39 is 47.8 Å². The fraction of sp³-hybridized carbons (Fsp3) is 0.250. The van der Waals surface area contributed by atoms with E-state index in [-0.39, 0.29) is 29.0 Å². The molecule has 0 saturated carbocycles. The molecule has 8 nitrogen and oxygen atoms in total. The zero-order chi connectivity index (χ0) is 26.3. The minimum atomic E-state index is -6.12. The van der Waals surface area contributed by atoms with Crippen LogP contribution in [0.1, 0.15) is 11.3 Å². The van der Waals surface area contributed by atoms with Crippen LogP contribution in [0.25, 0.3) is 17.2 Å². The van der Waals surface area contributed by atoms with E-state index in [0.29, 0.717) is 6.20 Å². The van der Waals surface area contributed by atoms with E-state index in [1.807, 2.05) is 0 Å². The number of aromatic nitrogens is 6. The minimum Gasteiger partial charge on any atom is -0.372 e. The van der Waals surface area contributed by atoms with Crippen molar-refractivity contribution < 1.29 is 40.2 Å². The average Bonchev–Trinajstić information content (AvgIpc) is 3.27. The number of benzene rings is 1. The maximum Gasteiger partial charge on any atom is 0.428 e. The zero-order valence-electron chi connectivity index (χ0n) is 17.6. The maximum atomic E-state index is 14.1. The van der Waals surface area contributed by atoms with Crippen molar-refractivity contribution in [1.29, 1.82) is 0 Å². The Labute approximate surface area is 195 Å². The lowest BCUT2D eigenvalue weighted by Crippen LogP contribution is -2.61.